The molecule has 19 heavy (non-hydrogen) atoms. The van der Waals surface area contributed by atoms with Crippen molar-refractivity contribution in [2.24, 2.45) is 0 Å². The molecule has 1 aromatic carbocycles. The quantitative estimate of drug-likeness (QED) is 0.900. The van der Waals surface area contributed by atoms with E-state index < -0.39 is 0 Å². The number of rotatable bonds is 4. The van der Waals surface area contributed by atoms with Crippen LogP contribution in [0.15, 0.2) is 24.3 Å². The van der Waals surface area contributed by atoms with Gasteiger partial charge in [-0.25, -0.2) is 0 Å². The minimum atomic E-state index is -0.326. The lowest BCUT2D eigenvalue weighted by molar-refractivity contribution is 0.173. The van der Waals surface area contributed by atoms with E-state index >= 15 is 0 Å². The highest BCUT2D eigenvalue weighted by atomic mass is 16.3. The molecule has 0 bridgehead atoms. The van der Waals surface area contributed by atoms with Gasteiger partial charge in [0, 0.05) is 37.9 Å². The number of anilines is 1. The molecule has 0 radical (unpaired) electrons. The molecule has 3 rings (SSSR count). The number of hydrogen-bond donors (Lipinski definition) is 1. The third-order valence-electron chi connectivity index (χ3n) is 4.38. The first-order valence-corrected chi connectivity index (χ1v) is 7.55. The van der Waals surface area contributed by atoms with Crippen molar-refractivity contribution < 1.29 is 5.11 Å². The lowest BCUT2D eigenvalue weighted by atomic mass is 10.1. The van der Waals surface area contributed by atoms with E-state index in [-0.39, 0.29) is 6.10 Å². The molecule has 0 aromatic heterocycles. The third-order valence-corrected chi connectivity index (χ3v) is 4.38. The maximum Gasteiger partial charge on any atom is 0.0788 e. The zero-order chi connectivity index (χ0) is 13.2. The summed E-state index contributed by atoms with van der Waals surface area (Å²) < 4.78 is 0. The largest absolute Gasteiger partial charge is 0.388 e. The van der Waals surface area contributed by atoms with Gasteiger partial charge in [0.15, 0.2) is 0 Å². The van der Waals surface area contributed by atoms with E-state index in [0.717, 1.165) is 31.1 Å². The van der Waals surface area contributed by atoms with Crippen molar-refractivity contribution in [1.82, 2.24) is 4.90 Å². The van der Waals surface area contributed by atoms with Crippen molar-refractivity contribution in [1.29, 1.82) is 0 Å². The number of benzene rings is 1. The topological polar surface area (TPSA) is 26.7 Å². The molecule has 2 aliphatic rings. The van der Waals surface area contributed by atoms with Crippen LogP contribution in [0.2, 0.25) is 0 Å². The number of aliphatic hydroxyl groups is 1. The van der Waals surface area contributed by atoms with Gasteiger partial charge in [-0.1, -0.05) is 19.1 Å². The second kappa shape index (κ2) is 5.51. The number of aliphatic hydroxyl groups excluding tert-OH is 1. The van der Waals surface area contributed by atoms with Crippen LogP contribution in [0, 0.1) is 0 Å². The van der Waals surface area contributed by atoms with Crippen LogP contribution in [0.5, 0.6) is 0 Å². The molecule has 1 atom stereocenters. The lowest BCUT2D eigenvalue weighted by Crippen LogP contribution is -2.47. The monoisotopic (exact) mass is 260 g/mol. The Morgan fingerprint density at radius 2 is 1.95 bits per heavy atom. The van der Waals surface area contributed by atoms with Gasteiger partial charge < -0.3 is 10.0 Å². The van der Waals surface area contributed by atoms with Gasteiger partial charge in [0.1, 0.15) is 0 Å². The Balaban J connectivity index is 1.65. The molecule has 0 spiro atoms. The predicted molar refractivity (Wildman–Crippen MR) is 78.5 cm³/mol. The Morgan fingerprint density at radius 1 is 1.21 bits per heavy atom. The fourth-order valence-electron chi connectivity index (χ4n) is 2.95. The van der Waals surface area contributed by atoms with Crippen LogP contribution in [0.3, 0.4) is 0 Å². The van der Waals surface area contributed by atoms with Crippen molar-refractivity contribution in [3.05, 3.63) is 29.8 Å². The Hall–Kier alpha value is -1.06. The molecule has 104 valence electrons. The standard InChI is InChI=1S/C16H24N2O/c1-2-16(19)13-4-3-5-15(12-13)18-10-8-17(9-11-18)14-6-7-14/h3-5,12,14,16,19H,2,6-11H2,1H3. The van der Waals surface area contributed by atoms with Gasteiger partial charge in [0.05, 0.1) is 6.10 Å². The highest BCUT2D eigenvalue weighted by molar-refractivity contribution is 5.49. The lowest BCUT2D eigenvalue weighted by Gasteiger charge is -2.36. The van der Waals surface area contributed by atoms with Crippen molar-refractivity contribution in [2.75, 3.05) is 31.1 Å². The molecule has 1 unspecified atom stereocenters. The average molecular weight is 260 g/mol. The molecule has 1 heterocycles. The minimum Gasteiger partial charge on any atom is -0.388 e. The van der Waals surface area contributed by atoms with Crippen molar-refractivity contribution >= 4 is 5.69 Å². The van der Waals surface area contributed by atoms with E-state index in [4.69, 9.17) is 0 Å². The summed E-state index contributed by atoms with van der Waals surface area (Å²) in [6, 6.07) is 9.30. The first-order chi connectivity index (χ1) is 9.28. The van der Waals surface area contributed by atoms with Gasteiger partial charge >= 0.3 is 0 Å². The second-order valence-corrected chi connectivity index (χ2v) is 5.77. The van der Waals surface area contributed by atoms with Gasteiger partial charge in [-0.3, -0.25) is 4.90 Å². The van der Waals surface area contributed by atoms with Gasteiger partial charge in [-0.2, -0.15) is 0 Å². The van der Waals surface area contributed by atoms with E-state index in [1.54, 1.807) is 0 Å². The molecule has 2 fully saturated rings. The summed E-state index contributed by atoms with van der Waals surface area (Å²) in [6.07, 6.45) is 3.25. The van der Waals surface area contributed by atoms with Crippen LogP contribution >= 0.6 is 0 Å². The van der Waals surface area contributed by atoms with Crippen molar-refractivity contribution in [3.8, 4) is 0 Å². The van der Waals surface area contributed by atoms with Gasteiger partial charge in [-0.15, -0.1) is 0 Å². The summed E-state index contributed by atoms with van der Waals surface area (Å²) in [5, 5.41) is 9.95. The van der Waals surface area contributed by atoms with Gasteiger partial charge in [-0.05, 0) is 37.0 Å². The van der Waals surface area contributed by atoms with Crippen LogP contribution in [0.4, 0.5) is 5.69 Å². The highest BCUT2D eigenvalue weighted by Gasteiger charge is 2.31. The SMILES string of the molecule is CCC(O)c1cccc(N2CCN(C3CC3)CC2)c1. The highest BCUT2D eigenvalue weighted by Crippen LogP contribution is 2.29. The summed E-state index contributed by atoms with van der Waals surface area (Å²) in [4.78, 5) is 5.08. The van der Waals surface area contributed by atoms with E-state index in [2.05, 4.69) is 28.0 Å². The Labute approximate surface area is 115 Å². The minimum absolute atomic E-state index is 0.326. The number of piperazine rings is 1. The molecule has 1 aromatic rings. The summed E-state index contributed by atoms with van der Waals surface area (Å²) >= 11 is 0. The van der Waals surface area contributed by atoms with Crippen molar-refractivity contribution in [3.63, 3.8) is 0 Å². The van der Waals surface area contributed by atoms with Crippen LogP contribution in [0.25, 0.3) is 0 Å². The third kappa shape index (κ3) is 2.93. The smallest absolute Gasteiger partial charge is 0.0788 e. The molecule has 3 heteroatoms. The normalized spacial score (nSPS) is 22.5. The molecule has 1 saturated carbocycles. The maximum absolute atomic E-state index is 9.95. The predicted octanol–water partition coefficient (Wildman–Crippen LogP) is 2.41. The Morgan fingerprint density at radius 3 is 2.58 bits per heavy atom. The molecule has 1 saturated heterocycles. The van der Waals surface area contributed by atoms with Crippen LogP contribution in [-0.4, -0.2) is 42.2 Å². The van der Waals surface area contributed by atoms with E-state index in [1.165, 1.54) is 31.6 Å². The molecular weight excluding hydrogens is 236 g/mol. The van der Waals surface area contributed by atoms with E-state index in [9.17, 15) is 5.11 Å². The maximum atomic E-state index is 9.95. The molecular formula is C16H24N2O. The number of hydrogen-bond acceptors (Lipinski definition) is 3. The average Bonchev–Trinajstić information content (AvgIpc) is 3.31. The first kappa shape index (κ1) is 12.9. The molecule has 1 aliphatic heterocycles. The fourth-order valence-corrected chi connectivity index (χ4v) is 2.95. The van der Waals surface area contributed by atoms with Gasteiger partial charge in [0.25, 0.3) is 0 Å². The van der Waals surface area contributed by atoms with Crippen molar-refractivity contribution in [2.45, 2.75) is 38.3 Å². The Bertz CT molecular complexity index is 423. The zero-order valence-electron chi connectivity index (χ0n) is 11.8. The van der Waals surface area contributed by atoms with Crippen LogP contribution in [-0.2, 0) is 0 Å². The molecule has 1 N–H and O–H groups in total. The summed E-state index contributed by atoms with van der Waals surface area (Å²) in [5.41, 5.74) is 2.31. The summed E-state index contributed by atoms with van der Waals surface area (Å²) in [5.74, 6) is 0. The first-order valence-electron chi connectivity index (χ1n) is 7.55. The van der Waals surface area contributed by atoms with E-state index in [1.807, 2.05) is 13.0 Å². The molecule has 1 aliphatic carbocycles. The van der Waals surface area contributed by atoms with Crippen LogP contribution < -0.4 is 4.90 Å². The van der Waals surface area contributed by atoms with Crippen LogP contribution in [0.1, 0.15) is 37.9 Å². The number of nitrogens with zero attached hydrogens (tertiary/aromatic N) is 2. The molecule has 3 nitrogen and oxygen atoms in total. The van der Waals surface area contributed by atoms with E-state index in [0.29, 0.717) is 0 Å². The summed E-state index contributed by atoms with van der Waals surface area (Å²) in [6.45, 7) is 6.62. The fraction of sp³-hybridized carbons (Fsp3) is 0.625. The zero-order valence-corrected chi connectivity index (χ0v) is 11.8. The molecule has 0 amide bonds. The Kier molecular flexibility index (Phi) is 3.76. The second-order valence-electron chi connectivity index (χ2n) is 5.77. The van der Waals surface area contributed by atoms with Gasteiger partial charge in [0.2, 0.25) is 0 Å². The summed E-state index contributed by atoms with van der Waals surface area (Å²) in [7, 11) is 0.